The Labute approximate surface area is 197 Å². The van der Waals surface area contributed by atoms with Gasteiger partial charge in [0.05, 0.1) is 15.2 Å². The van der Waals surface area contributed by atoms with Crippen LogP contribution in [-0.4, -0.2) is 53.7 Å². The van der Waals surface area contributed by atoms with Crippen LogP contribution in [0, 0.1) is 0 Å². The third-order valence-corrected chi connectivity index (χ3v) is 18.5. The van der Waals surface area contributed by atoms with E-state index in [1.165, 1.54) is 5.56 Å². The van der Waals surface area contributed by atoms with Crippen LogP contribution in [0.3, 0.4) is 0 Å². The minimum absolute atomic E-state index is 0.0379. The van der Waals surface area contributed by atoms with Crippen LogP contribution >= 0.6 is 6.34 Å². The number of nitrogens with zero attached hydrogens (tertiary/aromatic N) is 2. The summed E-state index contributed by atoms with van der Waals surface area (Å²) < 4.78 is 17.6. The van der Waals surface area contributed by atoms with Crippen LogP contribution in [0.15, 0.2) is 24.3 Å². The first-order valence-corrected chi connectivity index (χ1v) is 17.9. The highest BCUT2D eigenvalue weighted by Crippen LogP contribution is 2.81. The van der Waals surface area contributed by atoms with Crippen LogP contribution in [0.5, 0.6) is 5.75 Å². The quantitative estimate of drug-likeness (QED) is 0.205. The first-order valence-electron chi connectivity index (χ1n) is 11.7. The van der Waals surface area contributed by atoms with Gasteiger partial charge in [0.2, 0.25) is 0 Å². The third kappa shape index (κ3) is 4.58. The van der Waals surface area contributed by atoms with Gasteiger partial charge in [0.25, 0.3) is 0 Å². The Morgan fingerprint density at radius 3 is 1.55 bits per heavy atom. The number of epoxide rings is 1. The highest BCUT2D eigenvalue weighted by Gasteiger charge is 2.75. The Kier molecular flexibility index (Phi) is 8.33. The van der Waals surface area contributed by atoms with Crippen molar-refractivity contribution >= 4 is 26.2 Å². The summed E-state index contributed by atoms with van der Waals surface area (Å²) in [6.45, 7) is 25.7. The molecule has 1 aromatic carbocycles. The summed E-state index contributed by atoms with van der Waals surface area (Å²) in [6.07, 6.45) is -2.27. The van der Waals surface area contributed by atoms with Gasteiger partial charge in [0.1, 0.15) is 23.2 Å². The molecule has 1 fully saturated rings. The maximum absolute atomic E-state index is 6.97. The maximum Gasteiger partial charge on any atom is 0.140 e. The van der Waals surface area contributed by atoms with E-state index in [0.717, 1.165) is 5.75 Å². The van der Waals surface area contributed by atoms with E-state index >= 15 is 0 Å². The molecule has 7 heteroatoms. The molecule has 0 spiro atoms. The highest BCUT2D eigenvalue weighted by molar-refractivity contribution is 8.14. The summed E-state index contributed by atoms with van der Waals surface area (Å²) in [6, 6.07) is 9.80. The van der Waals surface area contributed by atoms with E-state index in [2.05, 4.69) is 96.5 Å². The number of methoxy groups -OCH3 is 1. The van der Waals surface area contributed by atoms with Gasteiger partial charge in [-0.05, 0) is 73.1 Å². The number of hydrogen-bond acceptors (Lipinski definition) is 3. The Morgan fingerprint density at radius 1 is 0.871 bits per heavy atom. The molecule has 0 radical (unpaired) electrons. The minimum Gasteiger partial charge on any atom is -0.497 e. The van der Waals surface area contributed by atoms with Gasteiger partial charge in [-0.25, -0.2) is 0 Å². The summed E-state index contributed by atoms with van der Waals surface area (Å²) >= 11 is 6.97. The molecule has 1 aliphatic heterocycles. The van der Waals surface area contributed by atoms with Crippen molar-refractivity contribution in [3.8, 4) is 5.75 Å². The van der Waals surface area contributed by atoms with Crippen LogP contribution in [-0.2, 0) is 16.5 Å². The molecule has 0 aliphatic carbocycles. The molecule has 178 valence electrons. The molecule has 0 saturated carbocycles. The zero-order chi connectivity index (χ0) is 23.9. The van der Waals surface area contributed by atoms with E-state index in [4.69, 9.17) is 21.3 Å². The predicted molar refractivity (Wildman–Crippen MR) is 141 cm³/mol. The molecule has 2 atom stereocenters. The highest BCUT2D eigenvalue weighted by atomic mass is 32.4. The van der Waals surface area contributed by atoms with Crippen molar-refractivity contribution in [2.75, 3.05) is 7.11 Å². The molecule has 1 aliphatic rings. The Hall–Kier alpha value is -0.233. The fourth-order valence-corrected chi connectivity index (χ4v) is 20.2. The van der Waals surface area contributed by atoms with E-state index in [-0.39, 0.29) is 11.1 Å². The average molecular weight is 485 g/mol. The van der Waals surface area contributed by atoms with Crippen LogP contribution in [0.25, 0.3) is 0 Å². The standard InChI is InChI=1S/C24H45N2O2PSSi/c1-17(2)25(18(3)4)29(30,26(19(5)6)20(7)8)24(31(10,11)12)23(28-24)21-13-15-22(27-9)16-14-21/h13-20,23H,1-12H3/t23-,24+/m0/s1. The molecule has 0 aromatic heterocycles. The van der Waals surface area contributed by atoms with Gasteiger partial charge in [-0.1, -0.05) is 43.6 Å². The van der Waals surface area contributed by atoms with Crippen LogP contribution in [0.1, 0.15) is 67.1 Å². The number of hydrogen-bond donors (Lipinski definition) is 0. The number of benzene rings is 1. The largest absolute Gasteiger partial charge is 0.497 e. The summed E-state index contributed by atoms with van der Waals surface area (Å²) in [5.41, 5.74) is 1.22. The smallest absolute Gasteiger partial charge is 0.140 e. The van der Waals surface area contributed by atoms with Gasteiger partial charge >= 0.3 is 0 Å². The van der Waals surface area contributed by atoms with Gasteiger partial charge in [-0.2, -0.15) is 0 Å². The van der Waals surface area contributed by atoms with Crippen molar-refractivity contribution in [3.05, 3.63) is 29.8 Å². The van der Waals surface area contributed by atoms with Crippen molar-refractivity contribution in [1.82, 2.24) is 9.34 Å². The predicted octanol–water partition coefficient (Wildman–Crippen LogP) is 6.89. The molecule has 2 rings (SSSR count). The fourth-order valence-electron chi connectivity index (χ4n) is 5.35. The average Bonchev–Trinajstić information content (AvgIpc) is 3.38. The molecule has 0 amide bonds. The summed E-state index contributed by atoms with van der Waals surface area (Å²) in [5.74, 6) is 0.874. The topological polar surface area (TPSA) is 28.2 Å². The molecule has 1 aromatic rings. The summed E-state index contributed by atoms with van der Waals surface area (Å²) in [4.78, 5) is -0.299. The lowest BCUT2D eigenvalue weighted by Crippen LogP contribution is -2.55. The lowest BCUT2D eigenvalue weighted by molar-refractivity contribution is 0.242. The first-order chi connectivity index (χ1) is 14.2. The molecular weight excluding hydrogens is 439 g/mol. The second kappa shape index (κ2) is 9.56. The van der Waals surface area contributed by atoms with Crippen molar-refractivity contribution in [2.45, 2.75) is 110 Å². The molecule has 1 saturated heterocycles. The normalized spacial score (nSPS) is 22.5. The van der Waals surface area contributed by atoms with Gasteiger partial charge in [0.15, 0.2) is 0 Å². The number of rotatable bonds is 10. The molecule has 0 N–H and O–H groups in total. The monoisotopic (exact) mass is 484 g/mol. The Morgan fingerprint density at radius 2 is 1.26 bits per heavy atom. The van der Waals surface area contributed by atoms with Crippen LogP contribution < -0.4 is 4.74 Å². The Bertz CT molecular complexity index is 752. The Balaban J connectivity index is 2.79. The second-order valence-electron chi connectivity index (χ2n) is 10.9. The first kappa shape index (κ1) is 27.0. The summed E-state index contributed by atoms with van der Waals surface area (Å²) in [7, 11) is -0.168. The lowest BCUT2D eigenvalue weighted by atomic mass is 10.1. The molecule has 0 bridgehead atoms. The van der Waals surface area contributed by atoms with Crippen molar-refractivity contribution < 1.29 is 9.47 Å². The van der Waals surface area contributed by atoms with E-state index < -0.39 is 14.4 Å². The molecule has 1 heterocycles. The number of ether oxygens (including phenoxy) is 2. The molecule has 0 unspecified atom stereocenters. The van der Waals surface area contributed by atoms with E-state index in [0.29, 0.717) is 24.2 Å². The van der Waals surface area contributed by atoms with Gasteiger partial charge in [-0.15, -0.1) is 0 Å². The fraction of sp³-hybridized carbons (Fsp3) is 0.750. The van der Waals surface area contributed by atoms with Gasteiger partial charge < -0.3 is 9.47 Å². The van der Waals surface area contributed by atoms with Gasteiger partial charge in [-0.3, -0.25) is 9.34 Å². The van der Waals surface area contributed by atoms with E-state index in [1.54, 1.807) is 7.11 Å². The minimum atomic E-state index is -2.31. The van der Waals surface area contributed by atoms with Crippen LogP contribution in [0.2, 0.25) is 19.6 Å². The molecular formula is C24H45N2O2PSSi. The SMILES string of the molecule is COc1ccc([C@@H]2O[C@@]2([Si](C)(C)C)P(=S)(N(C(C)C)C(C)C)N(C(C)C)C(C)C)cc1. The maximum atomic E-state index is 6.97. The summed E-state index contributed by atoms with van der Waals surface area (Å²) in [5, 5.41) is 0. The zero-order valence-electron chi connectivity index (χ0n) is 21.8. The van der Waals surface area contributed by atoms with Crippen molar-refractivity contribution in [3.63, 3.8) is 0 Å². The van der Waals surface area contributed by atoms with Crippen molar-refractivity contribution in [1.29, 1.82) is 0 Å². The van der Waals surface area contributed by atoms with Crippen molar-refractivity contribution in [2.24, 2.45) is 0 Å². The van der Waals surface area contributed by atoms with Crippen LogP contribution in [0.4, 0.5) is 0 Å². The van der Waals surface area contributed by atoms with E-state index in [1.807, 2.05) is 12.1 Å². The third-order valence-electron chi connectivity index (χ3n) is 6.26. The zero-order valence-corrected chi connectivity index (χ0v) is 24.5. The lowest BCUT2D eigenvalue weighted by Gasteiger charge is -2.55. The second-order valence-corrected chi connectivity index (χ2v) is 20.8. The van der Waals surface area contributed by atoms with Gasteiger partial charge in [0, 0.05) is 24.2 Å². The molecule has 4 nitrogen and oxygen atoms in total. The molecule has 31 heavy (non-hydrogen) atoms. The van der Waals surface area contributed by atoms with E-state index in [9.17, 15) is 0 Å².